The molecule has 0 N–H and O–H groups in total. The SMILES string of the molecule is CCC1CCC12CN(CC)C2. The Hall–Kier alpha value is -0.0400. The van der Waals surface area contributed by atoms with Gasteiger partial charge in [-0.3, -0.25) is 0 Å². The standard InChI is InChI=1S/C10H19N/c1-3-9-5-6-10(9)7-11(4-2)8-10/h9H,3-8H2,1-2H3. The van der Waals surface area contributed by atoms with Crippen molar-refractivity contribution < 1.29 is 0 Å². The molecule has 1 heterocycles. The highest BCUT2D eigenvalue weighted by atomic mass is 15.2. The average Bonchev–Trinajstić information content (AvgIpc) is 1.85. The van der Waals surface area contributed by atoms with Gasteiger partial charge in [-0.05, 0) is 30.7 Å². The van der Waals surface area contributed by atoms with E-state index in [1.807, 2.05) is 0 Å². The van der Waals surface area contributed by atoms with Crippen molar-refractivity contribution in [2.45, 2.75) is 33.1 Å². The molecule has 1 saturated carbocycles. The van der Waals surface area contributed by atoms with Crippen LogP contribution in [0.4, 0.5) is 0 Å². The van der Waals surface area contributed by atoms with Crippen LogP contribution in [0.2, 0.25) is 0 Å². The van der Waals surface area contributed by atoms with E-state index >= 15 is 0 Å². The minimum atomic E-state index is 0.810. The summed E-state index contributed by atoms with van der Waals surface area (Å²) in [7, 11) is 0. The lowest BCUT2D eigenvalue weighted by Gasteiger charge is -2.61. The van der Waals surface area contributed by atoms with Gasteiger partial charge < -0.3 is 4.90 Å². The fourth-order valence-electron chi connectivity index (χ4n) is 2.88. The third-order valence-electron chi connectivity index (χ3n) is 3.87. The van der Waals surface area contributed by atoms with Crippen molar-refractivity contribution in [1.29, 1.82) is 0 Å². The van der Waals surface area contributed by atoms with Gasteiger partial charge in [-0.15, -0.1) is 0 Å². The summed E-state index contributed by atoms with van der Waals surface area (Å²) in [5, 5.41) is 0. The van der Waals surface area contributed by atoms with Gasteiger partial charge in [0.05, 0.1) is 0 Å². The number of nitrogens with zero attached hydrogens (tertiary/aromatic N) is 1. The molecule has 0 radical (unpaired) electrons. The van der Waals surface area contributed by atoms with E-state index in [1.165, 1.54) is 38.9 Å². The third-order valence-corrected chi connectivity index (χ3v) is 3.87. The Balaban J connectivity index is 1.86. The smallest absolute Gasteiger partial charge is 0.00530 e. The molecular formula is C10H19N. The number of hydrogen-bond donors (Lipinski definition) is 0. The molecule has 1 saturated heterocycles. The fraction of sp³-hybridized carbons (Fsp3) is 1.00. The summed E-state index contributed by atoms with van der Waals surface area (Å²) < 4.78 is 0. The Bertz CT molecular complexity index is 145. The second-order valence-corrected chi connectivity index (χ2v) is 4.31. The Kier molecular flexibility index (Phi) is 1.71. The van der Waals surface area contributed by atoms with E-state index in [2.05, 4.69) is 18.7 Å². The molecule has 2 rings (SSSR count). The van der Waals surface area contributed by atoms with Gasteiger partial charge in [-0.25, -0.2) is 0 Å². The van der Waals surface area contributed by atoms with E-state index in [0.29, 0.717) is 0 Å². The zero-order valence-electron chi connectivity index (χ0n) is 7.77. The summed E-state index contributed by atoms with van der Waals surface area (Å²) in [5.74, 6) is 1.07. The van der Waals surface area contributed by atoms with Gasteiger partial charge in [0.2, 0.25) is 0 Å². The Morgan fingerprint density at radius 1 is 1.36 bits per heavy atom. The van der Waals surface area contributed by atoms with E-state index in [9.17, 15) is 0 Å². The molecule has 0 amide bonds. The molecule has 64 valence electrons. The molecule has 0 aromatic heterocycles. The maximum Gasteiger partial charge on any atom is 0.00530 e. The molecule has 1 atom stereocenters. The van der Waals surface area contributed by atoms with E-state index in [0.717, 1.165) is 11.3 Å². The van der Waals surface area contributed by atoms with E-state index < -0.39 is 0 Å². The summed E-state index contributed by atoms with van der Waals surface area (Å²) in [6.45, 7) is 8.69. The van der Waals surface area contributed by atoms with Crippen LogP contribution in [0.25, 0.3) is 0 Å². The van der Waals surface area contributed by atoms with Gasteiger partial charge in [-0.1, -0.05) is 20.3 Å². The van der Waals surface area contributed by atoms with Crippen molar-refractivity contribution in [3.05, 3.63) is 0 Å². The zero-order valence-corrected chi connectivity index (χ0v) is 7.77. The Morgan fingerprint density at radius 3 is 2.45 bits per heavy atom. The predicted molar refractivity (Wildman–Crippen MR) is 47.6 cm³/mol. The topological polar surface area (TPSA) is 3.24 Å². The van der Waals surface area contributed by atoms with Crippen molar-refractivity contribution in [2.24, 2.45) is 11.3 Å². The van der Waals surface area contributed by atoms with Gasteiger partial charge in [0, 0.05) is 13.1 Å². The van der Waals surface area contributed by atoms with E-state index in [1.54, 1.807) is 0 Å². The largest absolute Gasteiger partial charge is 0.302 e. The number of likely N-dealkylation sites (tertiary alicyclic amines) is 1. The van der Waals surface area contributed by atoms with Crippen molar-refractivity contribution in [2.75, 3.05) is 19.6 Å². The van der Waals surface area contributed by atoms with Crippen LogP contribution in [0.1, 0.15) is 33.1 Å². The Morgan fingerprint density at radius 2 is 2.09 bits per heavy atom. The molecule has 1 aliphatic carbocycles. The van der Waals surface area contributed by atoms with Gasteiger partial charge in [0.15, 0.2) is 0 Å². The van der Waals surface area contributed by atoms with Crippen LogP contribution in [-0.4, -0.2) is 24.5 Å². The first-order valence-corrected chi connectivity index (χ1v) is 5.03. The molecule has 11 heavy (non-hydrogen) atoms. The predicted octanol–water partition coefficient (Wildman–Crippen LogP) is 2.13. The zero-order chi connectivity index (χ0) is 7.90. The lowest BCUT2D eigenvalue weighted by atomic mass is 9.55. The first kappa shape index (κ1) is 7.60. The molecule has 0 aromatic carbocycles. The molecule has 0 bridgehead atoms. The van der Waals surface area contributed by atoms with Crippen LogP contribution in [-0.2, 0) is 0 Å². The van der Waals surface area contributed by atoms with Crippen LogP contribution >= 0.6 is 0 Å². The summed E-state index contributed by atoms with van der Waals surface area (Å²) in [4.78, 5) is 2.57. The quantitative estimate of drug-likeness (QED) is 0.587. The summed E-state index contributed by atoms with van der Waals surface area (Å²) >= 11 is 0. The summed E-state index contributed by atoms with van der Waals surface area (Å²) in [6, 6.07) is 0. The van der Waals surface area contributed by atoms with Crippen LogP contribution < -0.4 is 0 Å². The third kappa shape index (κ3) is 0.936. The molecule has 2 aliphatic rings. The molecule has 1 spiro atoms. The summed E-state index contributed by atoms with van der Waals surface area (Å²) in [5.41, 5.74) is 0.810. The molecule has 2 fully saturated rings. The fourth-order valence-corrected chi connectivity index (χ4v) is 2.88. The van der Waals surface area contributed by atoms with Crippen LogP contribution in [0.5, 0.6) is 0 Å². The molecule has 1 unspecified atom stereocenters. The monoisotopic (exact) mass is 153 g/mol. The maximum absolute atomic E-state index is 2.57. The van der Waals surface area contributed by atoms with E-state index in [4.69, 9.17) is 0 Å². The number of hydrogen-bond acceptors (Lipinski definition) is 1. The van der Waals surface area contributed by atoms with Crippen molar-refractivity contribution in [3.63, 3.8) is 0 Å². The van der Waals surface area contributed by atoms with E-state index in [-0.39, 0.29) is 0 Å². The Labute approximate surface area is 69.8 Å². The van der Waals surface area contributed by atoms with Crippen LogP contribution in [0.3, 0.4) is 0 Å². The van der Waals surface area contributed by atoms with Crippen molar-refractivity contribution in [3.8, 4) is 0 Å². The average molecular weight is 153 g/mol. The second kappa shape index (κ2) is 2.48. The molecular weight excluding hydrogens is 134 g/mol. The lowest BCUT2D eigenvalue weighted by Crippen LogP contribution is -2.63. The van der Waals surface area contributed by atoms with Gasteiger partial charge in [0.1, 0.15) is 0 Å². The molecule has 0 aromatic rings. The van der Waals surface area contributed by atoms with Gasteiger partial charge in [-0.2, -0.15) is 0 Å². The number of rotatable bonds is 2. The summed E-state index contributed by atoms with van der Waals surface area (Å²) in [6.07, 6.45) is 4.44. The minimum absolute atomic E-state index is 0.810. The molecule has 1 nitrogen and oxygen atoms in total. The highest BCUT2D eigenvalue weighted by Crippen LogP contribution is 2.54. The van der Waals surface area contributed by atoms with Crippen LogP contribution in [0.15, 0.2) is 0 Å². The lowest BCUT2D eigenvalue weighted by molar-refractivity contribution is -0.112. The minimum Gasteiger partial charge on any atom is -0.302 e. The highest BCUT2D eigenvalue weighted by Gasteiger charge is 2.52. The second-order valence-electron chi connectivity index (χ2n) is 4.31. The molecule has 1 aliphatic heterocycles. The van der Waals surface area contributed by atoms with Crippen molar-refractivity contribution in [1.82, 2.24) is 4.90 Å². The molecule has 1 heteroatoms. The first-order valence-electron chi connectivity index (χ1n) is 5.03. The van der Waals surface area contributed by atoms with Crippen LogP contribution in [0, 0.1) is 11.3 Å². The maximum atomic E-state index is 2.57. The van der Waals surface area contributed by atoms with Gasteiger partial charge in [0.25, 0.3) is 0 Å². The first-order chi connectivity index (χ1) is 5.30. The van der Waals surface area contributed by atoms with Crippen molar-refractivity contribution >= 4 is 0 Å². The van der Waals surface area contributed by atoms with Gasteiger partial charge >= 0.3 is 0 Å². The normalized spacial score (nSPS) is 34.9. The highest BCUT2D eigenvalue weighted by molar-refractivity contribution is 5.04.